The van der Waals surface area contributed by atoms with Crippen LogP contribution in [0.2, 0.25) is 0 Å². The van der Waals surface area contributed by atoms with Gasteiger partial charge in [-0.3, -0.25) is 0 Å². The Bertz CT molecular complexity index is 388. The van der Waals surface area contributed by atoms with Crippen LogP contribution in [0.5, 0.6) is 0 Å². The fourth-order valence-corrected chi connectivity index (χ4v) is 1.53. The van der Waals surface area contributed by atoms with Crippen LogP contribution < -0.4 is 0 Å². The van der Waals surface area contributed by atoms with Gasteiger partial charge in [-0.1, -0.05) is 22.0 Å². The standard InChI is InChI=1S/C9H6BrF5O/c10-7-2-1-5(8(11,12)4-16)3-6(7)9(13,14)15/h1-3,16H,4H2. The van der Waals surface area contributed by atoms with Crippen LogP contribution in [-0.4, -0.2) is 11.7 Å². The van der Waals surface area contributed by atoms with Gasteiger partial charge in [0.25, 0.3) is 5.92 Å². The van der Waals surface area contributed by atoms with E-state index < -0.39 is 29.8 Å². The topological polar surface area (TPSA) is 20.2 Å². The normalized spacial score (nSPS) is 12.9. The van der Waals surface area contributed by atoms with Gasteiger partial charge in [-0.15, -0.1) is 0 Å². The summed E-state index contributed by atoms with van der Waals surface area (Å²) in [5.41, 5.74) is -2.07. The van der Waals surface area contributed by atoms with Crippen LogP contribution in [0.4, 0.5) is 22.0 Å². The lowest BCUT2D eigenvalue weighted by atomic mass is 10.1. The first-order valence-electron chi connectivity index (χ1n) is 4.04. The van der Waals surface area contributed by atoms with Crippen LogP contribution in [0.15, 0.2) is 22.7 Å². The average Bonchev–Trinajstić information content (AvgIpc) is 2.16. The lowest BCUT2D eigenvalue weighted by Gasteiger charge is -2.16. The highest BCUT2D eigenvalue weighted by atomic mass is 79.9. The van der Waals surface area contributed by atoms with Gasteiger partial charge in [-0.2, -0.15) is 22.0 Å². The summed E-state index contributed by atoms with van der Waals surface area (Å²) in [6, 6.07) is 2.03. The van der Waals surface area contributed by atoms with Gasteiger partial charge in [0.1, 0.15) is 6.61 Å². The van der Waals surface area contributed by atoms with E-state index in [1.807, 2.05) is 0 Å². The van der Waals surface area contributed by atoms with Crippen LogP contribution in [0, 0.1) is 0 Å². The molecule has 0 amide bonds. The van der Waals surface area contributed by atoms with E-state index in [9.17, 15) is 22.0 Å². The van der Waals surface area contributed by atoms with Crippen molar-refractivity contribution in [1.29, 1.82) is 0 Å². The summed E-state index contributed by atoms with van der Waals surface area (Å²) < 4.78 is 62.7. The van der Waals surface area contributed by atoms with Crippen molar-refractivity contribution in [3.63, 3.8) is 0 Å². The number of aliphatic hydroxyl groups is 1. The molecule has 0 radical (unpaired) electrons. The van der Waals surface area contributed by atoms with Gasteiger partial charge >= 0.3 is 6.18 Å². The molecule has 0 saturated carbocycles. The molecule has 1 rings (SSSR count). The van der Waals surface area contributed by atoms with Gasteiger partial charge in [-0.25, -0.2) is 0 Å². The average molecular weight is 305 g/mol. The predicted octanol–water partition coefficient (Wildman–Crippen LogP) is 3.55. The van der Waals surface area contributed by atoms with Crippen molar-refractivity contribution in [3.8, 4) is 0 Å². The summed E-state index contributed by atoms with van der Waals surface area (Å²) in [7, 11) is 0. The van der Waals surface area contributed by atoms with Crippen molar-refractivity contribution in [2.45, 2.75) is 12.1 Å². The third-order valence-corrected chi connectivity index (χ3v) is 2.58. The zero-order valence-electron chi connectivity index (χ0n) is 7.65. The van der Waals surface area contributed by atoms with E-state index in [2.05, 4.69) is 15.9 Å². The van der Waals surface area contributed by atoms with Gasteiger partial charge in [-0.05, 0) is 12.1 Å². The Morgan fingerprint density at radius 2 is 1.69 bits per heavy atom. The summed E-state index contributed by atoms with van der Waals surface area (Å²) >= 11 is 2.63. The van der Waals surface area contributed by atoms with Crippen molar-refractivity contribution in [1.82, 2.24) is 0 Å². The minimum absolute atomic E-state index is 0.320. The van der Waals surface area contributed by atoms with Crippen molar-refractivity contribution in [3.05, 3.63) is 33.8 Å². The molecule has 1 nitrogen and oxygen atoms in total. The molecular formula is C9H6BrF5O. The SMILES string of the molecule is OCC(F)(F)c1ccc(Br)c(C(F)(F)F)c1. The van der Waals surface area contributed by atoms with E-state index in [0.29, 0.717) is 6.07 Å². The number of alkyl halides is 5. The van der Waals surface area contributed by atoms with Crippen molar-refractivity contribution in [2.24, 2.45) is 0 Å². The Labute approximate surface area is 96.0 Å². The molecule has 1 aromatic carbocycles. The second-order valence-corrected chi connectivity index (χ2v) is 3.91. The van der Waals surface area contributed by atoms with E-state index in [-0.39, 0.29) is 4.47 Å². The highest BCUT2D eigenvalue weighted by Gasteiger charge is 2.37. The summed E-state index contributed by atoms with van der Waals surface area (Å²) in [6.07, 6.45) is -4.72. The maximum Gasteiger partial charge on any atom is 0.417 e. The Morgan fingerprint density at radius 1 is 1.12 bits per heavy atom. The first kappa shape index (κ1) is 13.4. The first-order chi connectivity index (χ1) is 7.18. The minimum Gasteiger partial charge on any atom is -0.390 e. The lowest BCUT2D eigenvalue weighted by molar-refractivity contribution is -0.138. The number of aliphatic hydroxyl groups excluding tert-OH is 1. The molecule has 90 valence electrons. The number of rotatable bonds is 2. The van der Waals surface area contributed by atoms with Crippen molar-refractivity contribution >= 4 is 15.9 Å². The lowest BCUT2D eigenvalue weighted by Crippen LogP contribution is -2.19. The first-order valence-corrected chi connectivity index (χ1v) is 4.83. The van der Waals surface area contributed by atoms with E-state index >= 15 is 0 Å². The van der Waals surface area contributed by atoms with Gasteiger partial charge in [0.05, 0.1) is 5.56 Å². The fourth-order valence-electron chi connectivity index (χ4n) is 1.06. The van der Waals surface area contributed by atoms with E-state index in [0.717, 1.165) is 12.1 Å². The van der Waals surface area contributed by atoms with Gasteiger partial charge in [0.15, 0.2) is 0 Å². The molecule has 16 heavy (non-hydrogen) atoms. The van der Waals surface area contributed by atoms with Crippen molar-refractivity contribution in [2.75, 3.05) is 6.61 Å². The third-order valence-electron chi connectivity index (χ3n) is 1.89. The molecule has 0 bridgehead atoms. The molecule has 0 aliphatic rings. The second kappa shape index (κ2) is 4.29. The molecule has 7 heteroatoms. The third kappa shape index (κ3) is 2.70. The molecule has 0 heterocycles. The molecular weight excluding hydrogens is 299 g/mol. The van der Waals surface area contributed by atoms with Crippen LogP contribution in [-0.2, 0) is 12.1 Å². The summed E-state index contributed by atoms with van der Waals surface area (Å²) in [4.78, 5) is 0. The highest BCUT2D eigenvalue weighted by molar-refractivity contribution is 9.10. The molecule has 0 aliphatic heterocycles. The van der Waals surface area contributed by atoms with Gasteiger partial charge < -0.3 is 5.11 Å². The van der Waals surface area contributed by atoms with Crippen LogP contribution in [0.3, 0.4) is 0 Å². The molecule has 0 saturated heterocycles. The number of benzene rings is 1. The quantitative estimate of drug-likeness (QED) is 0.829. The largest absolute Gasteiger partial charge is 0.417 e. The molecule has 1 N–H and O–H groups in total. The molecule has 0 aromatic heterocycles. The van der Waals surface area contributed by atoms with Gasteiger partial charge in [0, 0.05) is 10.0 Å². The zero-order chi connectivity index (χ0) is 12.6. The summed E-state index contributed by atoms with van der Waals surface area (Å²) in [6.45, 7) is -1.54. The maximum absolute atomic E-state index is 13.0. The molecule has 0 atom stereocenters. The smallest absolute Gasteiger partial charge is 0.390 e. The number of hydrogen-bond donors (Lipinski definition) is 1. The Kier molecular flexibility index (Phi) is 3.59. The predicted molar refractivity (Wildman–Crippen MR) is 50.1 cm³/mol. The second-order valence-electron chi connectivity index (χ2n) is 3.05. The van der Waals surface area contributed by atoms with E-state index in [1.165, 1.54) is 0 Å². The molecule has 0 spiro atoms. The number of hydrogen-bond acceptors (Lipinski definition) is 1. The molecule has 0 aliphatic carbocycles. The summed E-state index contributed by atoms with van der Waals surface area (Å²) in [5.74, 6) is -3.68. The van der Waals surface area contributed by atoms with Crippen molar-refractivity contribution < 1.29 is 27.1 Å². The number of halogens is 6. The monoisotopic (exact) mass is 304 g/mol. The Hall–Kier alpha value is -0.690. The van der Waals surface area contributed by atoms with Crippen LogP contribution >= 0.6 is 15.9 Å². The highest BCUT2D eigenvalue weighted by Crippen LogP contribution is 2.38. The van der Waals surface area contributed by atoms with Gasteiger partial charge in [0.2, 0.25) is 0 Å². The molecule has 0 unspecified atom stereocenters. The maximum atomic E-state index is 13.0. The zero-order valence-corrected chi connectivity index (χ0v) is 9.24. The van der Waals surface area contributed by atoms with Crippen LogP contribution in [0.1, 0.15) is 11.1 Å². The van der Waals surface area contributed by atoms with E-state index in [4.69, 9.17) is 5.11 Å². The minimum atomic E-state index is -4.72. The Balaban J connectivity index is 3.29. The molecule has 1 aromatic rings. The van der Waals surface area contributed by atoms with Crippen LogP contribution in [0.25, 0.3) is 0 Å². The van der Waals surface area contributed by atoms with E-state index in [1.54, 1.807) is 0 Å². The summed E-state index contributed by atoms with van der Waals surface area (Å²) in [5, 5.41) is 8.37. The Morgan fingerprint density at radius 3 is 2.12 bits per heavy atom. The fraction of sp³-hybridized carbons (Fsp3) is 0.333. The molecule has 0 fully saturated rings.